The minimum absolute atomic E-state index is 0.0784. The number of sulfonamides is 1. The van der Waals surface area contributed by atoms with Gasteiger partial charge < -0.3 is 10.5 Å². The van der Waals surface area contributed by atoms with Crippen LogP contribution >= 0.6 is 0 Å². The van der Waals surface area contributed by atoms with Crippen molar-refractivity contribution in [2.24, 2.45) is 11.7 Å². The molecule has 6 heteroatoms. The molecule has 0 aromatic heterocycles. The number of hydrogen-bond donors (Lipinski definition) is 2. The Hall–Kier alpha value is -1.63. The van der Waals surface area contributed by atoms with Crippen LogP contribution in [-0.2, 0) is 10.0 Å². The van der Waals surface area contributed by atoms with E-state index in [9.17, 15) is 8.42 Å². The van der Waals surface area contributed by atoms with Crippen LogP contribution < -0.4 is 15.2 Å². The van der Waals surface area contributed by atoms with E-state index in [2.05, 4.69) is 4.72 Å². The Bertz CT molecular complexity index is 820. The average molecular weight is 348 g/mol. The largest absolute Gasteiger partial charge is 0.493 e. The van der Waals surface area contributed by atoms with Gasteiger partial charge in [-0.15, -0.1) is 0 Å². The number of rotatable bonds is 6. The van der Waals surface area contributed by atoms with Crippen LogP contribution in [0.1, 0.15) is 26.2 Å². The van der Waals surface area contributed by atoms with Crippen molar-refractivity contribution in [2.45, 2.75) is 37.1 Å². The molecule has 2 aromatic carbocycles. The summed E-state index contributed by atoms with van der Waals surface area (Å²) in [5.74, 6) is 0.918. The summed E-state index contributed by atoms with van der Waals surface area (Å²) in [7, 11) is -3.61. The van der Waals surface area contributed by atoms with Gasteiger partial charge >= 0.3 is 0 Å². The summed E-state index contributed by atoms with van der Waals surface area (Å²) in [5, 5.41) is 1.49. The monoisotopic (exact) mass is 348 g/mol. The second-order valence-corrected chi connectivity index (χ2v) is 7.88. The topological polar surface area (TPSA) is 81.4 Å². The summed E-state index contributed by atoms with van der Waals surface area (Å²) in [6.07, 6.45) is 2.84. The molecule has 2 aromatic rings. The van der Waals surface area contributed by atoms with Crippen molar-refractivity contribution in [3.05, 3.63) is 36.4 Å². The number of benzene rings is 2. The van der Waals surface area contributed by atoms with Crippen LogP contribution in [0.15, 0.2) is 41.3 Å². The summed E-state index contributed by atoms with van der Waals surface area (Å²) in [6, 6.07) is 10.7. The van der Waals surface area contributed by atoms with Crippen molar-refractivity contribution in [3.8, 4) is 5.75 Å². The molecule has 0 heterocycles. The Labute approximate surface area is 143 Å². The van der Waals surface area contributed by atoms with Crippen LogP contribution in [0.3, 0.4) is 0 Å². The molecule has 1 fully saturated rings. The fourth-order valence-electron chi connectivity index (χ4n) is 3.50. The minimum Gasteiger partial charge on any atom is -0.493 e. The van der Waals surface area contributed by atoms with E-state index in [1.165, 1.54) is 0 Å². The maximum atomic E-state index is 12.9. The second kappa shape index (κ2) is 7.09. The number of nitrogens with two attached hydrogens (primary N) is 1. The van der Waals surface area contributed by atoms with Crippen molar-refractivity contribution in [1.29, 1.82) is 0 Å². The first kappa shape index (κ1) is 17.2. The fourth-order valence-corrected chi connectivity index (χ4v) is 5.05. The summed E-state index contributed by atoms with van der Waals surface area (Å²) in [4.78, 5) is 0.296. The van der Waals surface area contributed by atoms with E-state index in [1.807, 2.05) is 31.2 Å². The molecule has 3 rings (SSSR count). The number of fused-ring (bicyclic) bond motifs is 1. The van der Waals surface area contributed by atoms with E-state index in [4.69, 9.17) is 10.5 Å². The Balaban J connectivity index is 2.00. The van der Waals surface area contributed by atoms with E-state index in [1.54, 1.807) is 12.1 Å². The van der Waals surface area contributed by atoms with Gasteiger partial charge in [-0.2, -0.15) is 0 Å². The predicted molar refractivity (Wildman–Crippen MR) is 95.6 cm³/mol. The van der Waals surface area contributed by atoms with E-state index < -0.39 is 10.0 Å². The van der Waals surface area contributed by atoms with Gasteiger partial charge in [-0.3, -0.25) is 0 Å². The van der Waals surface area contributed by atoms with E-state index in [0.717, 1.165) is 24.6 Å². The molecule has 2 unspecified atom stereocenters. The molecule has 2 atom stereocenters. The third kappa shape index (κ3) is 3.27. The summed E-state index contributed by atoms with van der Waals surface area (Å²) < 4.78 is 34.4. The zero-order valence-corrected chi connectivity index (χ0v) is 14.7. The molecule has 0 amide bonds. The van der Waals surface area contributed by atoms with Gasteiger partial charge in [0, 0.05) is 16.8 Å². The molecule has 1 aliphatic carbocycles. The van der Waals surface area contributed by atoms with Gasteiger partial charge in [-0.25, -0.2) is 13.1 Å². The zero-order valence-electron chi connectivity index (χ0n) is 13.9. The van der Waals surface area contributed by atoms with Gasteiger partial charge in [0.25, 0.3) is 0 Å². The van der Waals surface area contributed by atoms with Gasteiger partial charge in [0.2, 0.25) is 10.0 Å². The van der Waals surface area contributed by atoms with Crippen LogP contribution in [0, 0.1) is 5.92 Å². The molecular weight excluding hydrogens is 324 g/mol. The highest BCUT2D eigenvalue weighted by Crippen LogP contribution is 2.32. The zero-order chi connectivity index (χ0) is 17.2. The maximum absolute atomic E-state index is 12.9. The Morgan fingerprint density at radius 2 is 1.92 bits per heavy atom. The highest BCUT2D eigenvalue weighted by atomic mass is 32.2. The van der Waals surface area contributed by atoms with Crippen molar-refractivity contribution < 1.29 is 13.2 Å². The molecule has 0 bridgehead atoms. The number of hydrogen-bond acceptors (Lipinski definition) is 4. The van der Waals surface area contributed by atoms with E-state index in [-0.39, 0.29) is 12.0 Å². The molecule has 1 aliphatic rings. The molecule has 0 radical (unpaired) electrons. The van der Waals surface area contributed by atoms with Crippen molar-refractivity contribution in [3.63, 3.8) is 0 Å². The molecule has 5 nitrogen and oxygen atoms in total. The highest BCUT2D eigenvalue weighted by Gasteiger charge is 2.31. The highest BCUT2D eigenvalue weighted by molar-refractivity contribution is 7.89. The third-order valence-corrected chi connectivity index (χ3v) is 6.25. The van der Waals surface area contributed by atoms with Crippen molar-refractivity contribution in [2.75, 3.05) is 13.2 Å². The van der Waals surface area contributed by atoms with Crippen LogP contribution in [-0.4, -0.2) is 27.6 Å². The SMILES string of the molecule is CCOc1ccc(S(=O)(=O)NC2CCCC2CN)c2ccccc12. The van der Waals surface area contributed by atoms with Crippen molar-refractivity contribution >= 4 is 20.8 Å². The molecule has 0 saturated heterocycles. The standard InChI is InChI=1S/C18H24N2O3S/c1-2-23-17-10-11-18(15-8-4-3-7-14(15)17)24(21,22)20-16-9-5-6-13(16)12-19/h3-4,7-8,10-11,13,16,20H,2,5-6,9,12,19H2,1H3. The van der Waals surface area contributed by atoms with Crippen LogP contribution in [0.25, 0.3) is 10.8 Å². The lowest BCUT2D eigenvalue weighted by molar-refractivity contribution is 0.344. The molecule has 130 valence electrons. The van der Waals surface area contributed by atoms with Gasteiger partial charge in [0.15, 0.2) is 0 Å². The molecule has 0 spiro atoms. The summed E-state index contributed by atoms with van der Waals surface area (Å²) in [6.45, 7) is 2.96. The fraction of sp³-hybridized carbons (Fsp3) is 0.444. The quantitative estimate of drug-likeness (QED) is 0.841. The lowest BCUT2D eigenvalue weighted by Crippen LogP contribution is -2.39. The number of ether oxygens (including phenoxy) is 1. The number of nitrogens with one attached hydrogen (secondary N) is 1. The molecule has 0 aliphatic heterocycles. The maximum Gasteiger partial charge on any atom is 0.241 e. The lowest BCUT2D eigenvalue weighted by Gasteiger charge is -2.20. The van der Waals surface area contributed by atoms with Crippen LogP contribution in [0.2, 0.25) is 0 Å². The Kier molecular flexibility index (Phi) is 5.08. The summed E-state index contributed by atoms with van der Waals surface area (Å²) in [5.41, 5.74) is 5.77. The predicted octanol–water partition coefficient (Wildman–Crippen LogP) is 2.64. The van der Waals surface area contributed by atoms with Crippen molar-refractivity contribution in [1.82, 2.24) is 4.72 Å². The molecule has 1 saturated carbocycles. The first-order valence-corrected chi connectivity index (χ1v) is 9.92. The van der Waals surface area contributed by atoms with Gasteiger partial charge in [-0.1, -0.05) is 30.7 Å². The van der Waals surface area contributed by atoms with Crippen LogP contribution in [0.5, 0.6) is 5.75 Å². The van der Waals surface area contributed by atoms with Crippen LogP contribution in [0.4, 0.5) is 0 Å². The second-order valence-electron chi connectivity index (χ2n) is 6.19. The average Bonchev–Trinajstić information content (AvgIpc) is 3.01. The van der Waals surface area contributed by atoms with Gasteiger partial charge in [0.1, 0.15) is 5.75 Å². The Morgan fingerprint density at radius 3 is 2.62 bits per heavy atom. The molecular formula is C18H24N2O3S. The molecule has 3 N–H and O–H groups in total. The first-order valence-electron chi connectivity index (χ1n) is 8.43. The van der Waals surface area contributed by atoms with Gasteiger partial charge in [0.05, 0.1) is 11.5 Å². The smallest absolute Gasteiger partial charge is 0.241 e. The lowest BCUT2D eigenvalue weighted by atomic mass is 10.1. The minimum atomic E-state index is -3.61. The van der Waals surface area contributed by atoms with E-state index in [0.29, 0.717) is 29.2 Å². The summed E-state index contributed by atoms with van der Waals surface area (Å²) >= 11 is 0. The van der Waals surface area contributed by atoms with E-state index >= 15 is 0 Å². The molecule has 24 heavy (non-hydrogen) atoms. The normalized spacial score (nSPS) is 21.2. The van der Waals surface area contributed by atoms with Gasteiger partial charge in [-0.05, 0) is 44.4 Å². The first-order chi connectivity index (χ1) is 11.6. The Morgan fingerprint density at radius 1 is 1.17 bits per heavy atom. The third-order valence-electron chi connectivity index (χ3n) is 4.70.